The van der Waals surface area contributed by atoms with Crippen LogP contribution in [0.25, 0.3) is 0 Å². The highest BCUT2D eigenvalue weighted by Gasteiger charge is 2.35. The van der Waals surface area contributed by atoms with Crippen molar-refractivity contribution in [2.24, 2.45) is 5.92 Å². The average Bonchev–Trinajstić information content (AvgIpc) is 2.51. The molecule has 0 aromatic rings. The zero-order chi connectivity index (χ0) is 15.4. The standard InChI is InChI=1S/C16H28N2O3/c1-11(2)8-14-16(20)18(12(3)9-15(19)17-14)10-13-6-4-5-7-21-13/h11-14H,4-10H2,1-3H3,(H,17,19). The fourth-order valence-electron chi connectivity index (χ4n) is 3.18. The molecule has 2 rings (SSSR count). The summed E-state index contributed by atoms with van der Waals surface area (Å²) in [5, 5.41) is 2.89. The maximum atomic E-state index is 12.8. The van der Waals surface area contributed by atoms with Crippen LogP contribution in [-0.2, 0) is 14.3 Å². The molecule has 21 heavy (non-hydrogen) atoms. The average molecular weight is 296 g/mol. The van der Waals surface area contributed by atoms with Gasteiger partial charge < -0.3 is 15.0 Å². The second-order valence-electron chi connectivity index (χ2n) is 6.78. The van der Waals surface area contributed by atoms with Gasteiger partial charge in [0.25, 0.3) is 0 Å². The molecule has 0 spiro atoms. The van der Waals surface area contributed by atoms with Crippen molar-refractivity contribution < 1.29 is 14.3 Å². The van der Waals surface area contributed by atoms with Crippen LogP contribution in [0.1, 0.15) is 52.9 Å². The minimum absolute atomic E-state index is 0.0198. The largest absolute Gasteiger partial charge is 0.376 e. The topological polar surface area (TPSA) is 58.6 Å². The van der Waals surface area contributed by atoms with Crippen LogP contribution in [0, 0.1) is 5.92 Å². The summed E-state index contributed by atoms with van der Waals surface area (Å²) in [6.45, 7) is 7.50. The van der Waals surface area contributed by atoms with Crippen LogP contribution >= 0.6 is 0 Å². The number of carbonyl (C=O) groups is 2. The maximum absolute atomic E-state index is 12.8. The van der Waals surface area contributed by atoms with Gasteiger partial charge in [0.2, 0.25) is 11.8 Å². The highest BCUT2D eigenvalue weighted by Crippen LogP contribution is 2.20. The normalized spacial score (nSPS) is 31.2. The van der Waals surface area contributed by atoms with Crippen LogP contribution in [0.2, 0.25) is 0 Å². The lowest BCUT2D eigenvalue weighted by atomic mass is 10.0. The number of carbonyl (C=O) groups excluding carboxylic acids is 2. The first-order chi connectivity index (χ1) is 9.97. The van der Waals surface area contributed by atoms with Crippen molar-refractivity contribution in [2.45, 2.75) is 71.1 Å². The number of rotatable bonds is 4. The van der Waals surface area contributed by atoms with Crippen LogP contribution in [0.15, 0.2) is 0 Å². The van der Waals surface area contributed by atoms with Crippen molar-refractivity contribution in [3.8, 4) is 0 Å². The molecule has 2 heterocycles. The minimum Gasteiger partial charge on any atom is -0.376 e. The van der Waals surface area contributed by atoms with Gasteiger partial charge >= 0.3 is 0 Å². The Morgan fingerprint density at radius 3 is 2.71 bits per heavy atom. The third-order valence-electron chi connectivity index (χ3n) is 4.31. The molecule has 2 amide bonds. The van der Waals surface area contributed by atoms with E-state index in [1.807, 2.05) is 11.8 Å². The third-order valence-corrected chi connectivity index (χ3v) is 4.31. The fraction of sp³-hybridized carbons (Fsp3) is 0.875. The lowest BCUT2D eigenvalue weighted by Gasteiger charge is -2.34. The Hall–Kier alpha value is -1.10. The van der Waals surface area contributed by atoms with Crippen LogP contribution in [-0.4, -0.2) is 48.1 Å². The molecule has 2 fully saturated rings. The molecular formula is C16H28N2O3. The molecule has 2 aliphatic heterocycles. The van der Waals surface area contributed by atoms with Gasteiger partial charge in [-0.05, 0) is 38.5 Å². The lowest BCUT2D eigenvalue weighted by Crippen LogP contribution is -2.50. The second kappa shape index (κ2) is 7.25. The molecule has 3 atom stereocenters. The Balaban J connectivity index is 2.07. The number of nitrogens with one attached hydrogen (secondary N) is 1. The number of nitrogens with zero attached hydrogens (tertiary/aromatic N) is 1. The molecule has 2 saturated heterocycles. The summed E-state index contributed by atoms with van der Waals surface area (Å²) in [5.74, 6) is 0.408. The van der Waals surface area contributed by atoms with Gasteiger partial charge in [0.1, 0.15) is 6.04 Å². The van der Waals surface area contributed by atoms with Gasteiger partial charge in [0, 0.05) is 25.6 Å². The molecule has 0 radical (unpaired) electrons. The van der Waals surface area contributed by atoms with Crippen molar-refractivity contribution in [1.29, 1.82) is 0 Å². The van der Waals surface area contributed by atoms with Crippen molar-refractivity contribution in [2.75, 3.05) is 13.2 Å². The molecule has 5 heteroatoms. The van der Waals surface area contributed by atoms with Crippen molar-refractivity contribution in [3.63, 3.8) is 0 Å². The monoisotopic (exact) mass is 296 g/mol. The van der Waals surface area contributed by atoms with E-state index in [9.17, 15) is 9.59 Å². The summed E-state index contributed by atoms with van der Waals surface area (Å²) in [4.78, 5) is 26.6. The van der Waals surface area contributed by atoms with Crippen molar-refractivity contribution in [1.82, 2.24) is 10.2 Å². The Morgan fingerprint density at radius 2 is 2.10 bits per heavy atom. The lowest BCUT2D eigenvalue weighted by molar-refractivity contribution is -0.138. The molecular weight excluding hydrogens is 268 g/mol. The molecule has 5 nitrogen and oxygen atoms in total. The Labute approximate surface area is 127 Å². The van der Waals surface area contributed by atoms with E-state index in [0.29, 0.717) is 25.3 Å². The highest BCUT2D eigenvalue weighted by molar-refractivity contribution is 5.90. The quantitative estimate of drug-likeness (QED) is 0.859. The zero-order valence-electron chi connectivity index (χ0n) is 13.4. The van der Waals surface area contributed by atoms with Crippen LogP contribution in [0.3, 0.4) is 0 Å². The number of hydrogen-bond donors (Lipinski definition) is 1. The minimum atomic E-state index is -0.383. The summed E-state index contributed by atoms with van der Waals surface area (Å²) in [6, 6.07) is -0.439. The van der Waals surface area contributed by atoms with E-state index in [4.69, 9.17) is 4.74 Å². The summed E-state index contributed by atoms with van der Waals surface area (Å²) < 4.78 is 5.76. The molecule has 3 unspecified atom stereocenters. The van der Waals surface area contributed by atoms with E-state index in [1.54, 1.807) is 0 Å². The van der Waals surface area contributed by atoms with Gasteiger partial charge in [-0.3, -0.25) is 9.59 Å². The Kier molecular flexibility index (Phi) is 5.62. The summed E-state index contributed by atoms with van der Waals surface area (Å²) in [6.07, 6.45) is 4.47. The smallest absolute Gasteiger partial charge is 0.245 e. The van der Waals surface area contributed by atoms with Crippen LogP contribution in [0.5, 0.6) is 0 Å². The number of ether oxygens (including phenoxy) is 1. The summed E-state index contributed by atoms with van der Waals surface area (Å²) in [7, 11) is 0. The highest BCUT2D eigenvalue weighted by atomic mass is 16.5. The van der Waals surface area contributed by atoms with Gasteiger partial charge in [-0.25, -0.2) is 0 Å². The fourth-order valence-corrected chi connectivity index (χ4v) is 3.18. The van der Waals surface area contributed by atoms with E-state index in [0.717, 1.165) is 25.9 Å². The maximum Gasteiger partial charge on any atom is 0.245 e. The number of hydrogen-bond acceptors (Lipinski definition) is 3. The first-order valence-electron chi connectivity index (χ1n) is 8.18. The molecule has 2 aliphatic rings. The van der Waals surface area contributed by atoms with E-state index in [-0.39, 0.29) is 30.0 Å². The van der Waals surface area contributed by atoms with Gasteiger partial charge in [0.15, 0.2) is 0 Å². The summed E-state index contributed by atoms with van der Waals surface area (Å²) in [5.41, 5.74) is 0. The molecule has 1 N–H and O–H groups in total. The molecule has 0 aliphatic carbocycles. The van der Waals surface area contributed by atoms with Gasteiger partial charge in [-0.1, -0.05) is 13.8 Å². The Morgan fingerprint density at radius 1 is 1.33 bits per heavy atom. The van der Waals surface area contributed by atoms with E-state index in [2.05, 4.69) is 19.2 Å². The molecule has 120 valence electrons. The molecule has 0 saturated carbocycles. The van der Waals surface area contributed by atoms with Gasteiger partial charge in [-0.15, -0.1) is 0 Å². The zero-order valence-corrected chi connectivity index (χ0v) is 13.4. The van der Waals surface area contributed by atoms with E-state index in [1.165, 1.54) is 0 Å². The van der Waals surface area contributed by atoms with E-state index < -0.39 is 0 Å². The molecule has 0 bridgehead atoms. The SMILES string of the molecule is CC(C)CC1NC(=O)CC(C)N(CC2CCCCO2)C1=O. The van der Waals surface area contributed by atoms with Crippen molar-refractivity contribution >= 4 is 11.8 Å². The summed E-state index contributed by atoms with van der Waals surface area (Å²) >= 11 is 0. The van der Waals surface area contributed by atoms with Gasteiger partial charge in [-0.2, -0.15) is 0 Å². The molecule has 0 aromatic heterocycles. The van der Waals surface area contributed by atoms with Gasteiger partial charge in [0.05, 0.1) is 6.10 Å². The number of amides is 2. The predicted octanol–water partition coefficient (Wildman–Crippen LogP) is 1.71. The van der Waals surface area contributed by atoms with Crippen molar-refractivity contribution in [3.05, 3.63) is 0 Å². The Bertz CT molecular complexity index is 378. The second-order valence-corrected chi connectivity index (χ2v) is 6.78. The predicted molar refractivity (Wildman–Crippen MR) is 80.8 cm³/mol. The molecule has 0 aromatic carbocycles. The van der Waals surface area contributed by atoms with Crippen LogP contribution in [0.4, 0.5) is 0 Å². The first-order valence-corrected chi connectivity index (χ1v) is 8.18. The first kappa shape index (κ1) is 16.3. The van der Waals surface area contributed by atoms with Crippen LogP contribution < -0.4 is 5.32 Å². The van der Waals surface area contributed by atoms with E-state index >= 15 is 0 Å². The third kappa shape index (κ3) is 4.43.